The highest BCUT2D eigenvalue weighted by Gasteiger charge is 2.61. The predicted octanol–water partition coefficient (Wildman–Crippen LogP) is -1.53. The summed E-state index contributed by atoms with van der Waals surface area (Å²) in [6.07, 6.45) is -1.98. The second kappa shape index (κ2) is 4.98. The number of azide groups is 1. The molecule has 1 aromatic rings. The Labute approximate surface area is 117 Å². The van der Waals surface area contributed by atoms with Crippen LogP contribution < -0.4 is 11.4 Å². The molecule has 1 aliphatic heterocycles. The van der Waals surface area contributed by atoms with Gasteiger partial charge in [0.25, 0.3) is 0 Å². The summed E-state index contributed by atoms with van der Waals surface area (Å²) in [6.45, 7) is 0.289. The van der Waals surface area contributed by atoms with E-state index < -0.39 is 36.0 Å². The number of hydrogen-bond acceptors (Lipinski definition) is 8. The molecule has 1 fully saturated rings. The average molecular weight is 298 g/mol. The van der Waals surface area contributed by atoms with E-state index in [2.05, 4.69) is 15.0 Å². The first kappa shape index (κ1) is 15.2. The van der Waals surface area contributed by atoms with Crippen LogP contribution in [0.15, 0.2) is 22.2 Å². The molecule has 0 saturated carbocycles. The number of rotatable bonds is 3. The van der Waals surface area contributed by atoms with Crippen LogP contribution in [0.2, 0.25) is 0 Å². The molecule has 4 atom stereocenters. The Hall–Kier alpha value is -2.17. The Balaban J connectivity index is 2.55. The smallest absolute Gasteiger partial charge is 0.351 e. The zero-order valence-electron chi connectivity index (χ0n) is 11.0. The van der Waals surface area contributed by atoms with E-state index in [0.717, 1.165) is 4.57 Å². The summed E-state index contributed by atoms with van der Waals surface area (Å²) in [6, 6.07) is 1.29. The van der Waals surface area contributed by atoms with Crippen molar-refractivity contribution in [3.05, 3.63) is 33.2 Å². The van der Waals surface area contributed by atoms with Gasteiger partial charge in [0.05, 0.1) is 6.61 Å². The Bertz CT molecular complexity index is 654. The molecule has 1 unspecified atom stereocenters. The van der Waals surface area contributed by atoms with Gasteiger partial charge in [0.2, 0.25) is 5.72 Å². The SMILES string of the molecule is C[C@]1(O)[C@H](O)C(CO)(N=[N+]=[N-])O[C@H]1n1ccc(N)nc1=O. The summed E-state index contributed by atoms with van der Waals surface area (Å²) in [5.41, 5.74) is 8.95. The Morgan fingerprint density at radius 3 is 2.90 bits per heavy atom. The number of aromatic nitrogens is 2. The molecule has 1 saturated heterocycles. The standard InChI is InChI=1S/C10H14N6O5/c1-9(20)6(18)10(4-17,14-15-12)21-7(9)16-3-2-5(11)13-8(16)19/h2-3,6-7,17-18,20H,4H2,1H3,(H2,11,13,19)/t6-,7+,9-,10?/m0/s1. The highest BCUT2D eigenvalue weighted by molar-refractivity contribution is 5.24. The maximum atomic E-state index is 11.8. The highest BCUT2D eigenvalue weighted by atomic mass is 16.6. The topological polar surface area (TPSA) is 180 Å². The van der Waals surface area contributed by atoms with Gasteiger partial charge in [-0.15, -0.1) is 0 Å². The highest BCUT2D eigenvalue weighted by Crippen LogP contribution is 2.44. The second-order valence-corrected chi connectivity index (χ2v) is 4.83. The van der Waals surface area contributed by atoms with Gasteiger partial charge >= 0.3 is 5.69 Å². The van der Waals surface area contributed by atoms with Crippen molar-refractivity contribution in [1.82, 2.24) is 9.55 Å². The molecule has 5 N–H and O–H groups in total. The van der Waals surface area contributed by atoms with Crippen molar-refractivity contribution in [3.8, 4) is 0 Å². The maximum Gasteiger partial charge on any atom is 0.351 e. The van der Waals surface area contributed by atoms with Crippen LogP contribution >= 0.6 is 0 Å². The summed E-state index contributed by atoms with van der Waals surface area (Å²) in [5.74, 6) is -0.0297. The zero-order valence-corrected chi connectivity index (χ0v) is 11.0. The van der Waals surface area contributed by atoms with Crippen molar-refractivity contribution < 1.29 is 20.1 Å². The van der Waals surface area contributed by atoms with Crippen LogP contribution in [0.5, 0.6) is 0 Å². The molecule has 21 heavy (non-hydrogen) atoms. The first-order valence-corrected chi connectivity index (χ1v) is 5.88. The van der Waals surface area contributed by atoms with Gasteiger partial charge in [-0.2, -0.15) is 4.98 Å². The molecule has 0 bridgehead atoms. The van der Waals surface area contributed by atoms with E-state index >= 15 is 0 Å². The lowest BCUT2D eigenvalue weighted by atomic mass is 9.93. The van der Waals surface area contributed by atoms with Crippen LogP contribution in [0, 0.1) is 0 Å². The summed E-state index contributed by atoms with van der Waals surface area (Å²) < 4.78 is 6.16. The molecule has 0 aliphatic carbocycles. The minimum Gasteiger partial charge on any atom is -0.393 e. The lowest BCUT2D eigenvalue weighted by molar-refractivity contribution is -0.128. The molecule has 11 nitrogen and oxygen atoms in total. The van der Waals surface area contributed by atoms with Gasteiger partial charge in [0, 0.05) is 11.1 Å². The van der Waals surface area contributed by atoms with Gasteiger partial charge in [-0.25, -0.2) is 4.79 Å². The third-order valence-corrected chi connectivity index (χ3v) is 3.34. The first-order chi connectivity index (χ1) is 9.78. The summed E-state index contributed by atoms with van der Waals surface area (Å²) in [5, 5.41) is 33.0. The molecule has 0 spiro atoms. The second-order valence-electron chi connectivity index (χ2n) is 4.83. The molecule has 2 rings (SSSR count). The van der Waals surface area contributed by atoms with Crippen molar-refractivity contribution in [3.63, 3.8) is 0 Å². The lowest BCUT2D eigenvalue weighted by Gasteiger charge is -2.28. The van der Waals surface area contributed by atoms with Crippen molar-refractivity contribution in [1.29, 1.82) is 0 Å². The van der Waals surface area contributed by atoms with Crippen LogP contribution in [-0.2, 0) is 4.74 Å². The Kier molecular flexibility index (Phi) is 3.61. The number of aliphatic hydroxyl groups is 3. The van der Waals surface area contributed by atoms with Gasteiger partial charge in [-0.3, -0.25) is 4.57 Å². The number of nitrogens with zero attached hydrogens (tertiary/aromatic N) is 5. The fourth-order valence-electron chi connectivity index (χ4n) is 2.22. The van der Waals surface area contributed by atoms with Crippen LogP contribution in [0.25, 0.3) is 10.4 Å². The molecule has 114 valence electrons. The van der Waals surface area contributed by atoms with Crippen molar-refractivity contribution in [2.75, 3.05) is 12.3 Å². The van der Waals surface area contributed by atoms with Crippen molar-refractivity contribution in [2.45, 2.75) is 30.6 Å². The normalized spacial score (nSPS) is 35.4. The Morgan fingerprint density at radius 1 is 1.71 bits per heavy atom. The minimum absolute atomic E-state index is 0.0297. The van der Waals surface area contributed by atoms with Crippen LogP contribution in [0.3, 0.4) is 0 Å². The zero-order chi connectivity index (χ0) is 15.8. The number of nitrogens with two attached hydrogens (primary N) is 1. The fraction of sp³-hybridized carbons (Fsp3) is 0.600. The molecule has 2 heterocycles. The van der Waals surface area contributed by atoms with E-state index in [-0.39, 0.29) is 5.82 Å². The summed E-state index contributed by atoms with van der Waals surface area (Å²) in [4.78, 5) is 17.8. The van der Waals surface area contributed by atoms with E-state index in [1.165, 1.54) is 19.2 Å². The van der Waals surface area contributed by atoms with E-state index in [9.17, 15) is 20.1 Å². The van der Waals surface area contributed by atoms with Gasteiger partial charge in [-0.05, 0) is 18.5 Å². The van der Waals surface area contributed by atoms with Gasteiger partial charge in [-0.1, -0.05) is 5.11 Å². The van der Waals surface area contributed by atoms with Gasteiger partial charge < -0.3 is 25.8 Å². The van der Waals surface area contributed by atoms with E-state index in [1.54, 1.807) is 0 Å². The van der Waals surface area contributed by atoms with Crippen LogP contribution in [-0.4, -0.2) is 48.9 Å². The quantitative estimate of drug-likeness (QED) is 0.296. The number of aliphatic hydroxyl groups excluding tert-OH is 2. The first-order valence-electron chi connectivity index (χ1n) is 5.88. The molecular weight excluding hydrogens is 284 g/mol. The third-order valence-electron chi connectivity index (χ3n) is 3.34. The summed E-state index contributed by atoms with van der Waals surface area (Å²) in [7, 11) is 0. The Morgan fingerprint density at radius 2 is 2.38 bits per heavy atom. The molecule has 0 aromatic carbocycles. The molecule has 0 amide bonds. The molecule has 0 radical (unpaired) electrons. The number of anilines is 1. The molecule has 11 heteroatoms. The van der Waals surface area contributed by atoms with Gasteiger partial charge in [0.15, 0.2) is 6.23 Å². The molecule has 1 aliphatic rings. The fourth-order valence-corrected chi connectivity index (χ4v) is 2.22. The summed E-state index contributed by atoms with van der Waals surface area (Å²) >= 11 is 0. The molecule has 1 aromatic heterocycles. The predicted molar refractivity (Wildman–Crippen MR) is 68.6 cm³/mol. The van der Waals surface area contributed by atoms with E-state index in [4.69, 9.17) is 16.0 Å². The minimum atomic E-state index is -2.11. The van der Waals surface area contributed by atoms with Crippen LogP contribution in [0.1, 0.15) is 13.2 Å². The van der Waals surface area contributed by atoms with E-state index in [1.807, 2.05) is 0 Å². The van der Waals surface area contributed by atoms with E-state index in [0.29, 0.717) is 0 Å². The lowest BCUT2D eigenvalue weighted by Crippen LogP contribution is -2.50. The third kappa shape index (κ3) is 2.22. The number of nitrogen functional groups attached to an aromatic ring is 1. The van der Waals surface area contributed by atoms with Crippen molar-refractivity contribution >= 4 is 5.82 Å². The van der Waals surface area contributed by atoms with Crippen LogP contribution in [0.4, 0.5) is 5.82 Å². The largest absolute Gasteiger partial charge is 0.393 e. The number of ether oxygens (including phenoxy) is 1. The molecular formula is C10H14N6O5. The maximum absolute atomic E-state index is 11.8. The monoisotopic (exact) mass is 298 g/mol. The van der Waals surface area contributed by atoms with Gasteiger partial charge in [0.1, 0.15) is 17.5 Å². The average Bonchev–Trinajstić information content (AvgIpc) is 2.61. The number of hydrogen-bond donors (Lipinski definition) is 4. The van der Waals surface area contributed by atoms with Crippen molar-refractivity contribution in [2.24, 2.45) is 5.11 Å².